The predicted octanol–water partition coefficient (Wildman–Crippen LogP) is 1.94. The predicted molar refractivity (Wildman–Crippen MR) is 67.5 cm³/mol. The van der Waals surface area contributed by atoms with Crippen LogP contribution < -0.4 is 5.73 Å². The van der Waals surface area contributed by atoms with E-state index in [-0.39, 0.29) is 18.7 Å². The SMILES string of the molecule is CCOC(=O)C(C=NCc1ccc(F)c(F)c1)=CN. The Labute approximate surface area is 109 Å². The number of benzene rings is 1. The van der Waals surface area contributed by atoms with Crippen LogP contribution >= 0.6 is 0 Å². The number of ether oxygens (including phenoxy) is 1. The average molecular weight is 268 g/mol. The topological polar surface area (TPSA) is 64.7 Å². The highest BCUT2D eigenvalue weighted by Gasteiger charge is 2.06. The number of carbonyl (C=O) groups excluding carboxylic acids is 1. The molecule has 0 aliphatic rings. The molecule has 1 rings (SSSR count). The lowest BCUT2D eigenvalue weighted by Crippen LogP contribution is -2.10. The Hall–Kier alpha value is -2.24. The highest BCUT2D eigenvalue weighted by Crippen LogP contribution is 2.09. The monoisotopic (exact) mass is 268 g/mol. The first-order valence-electron chi connectivity index (χ1n) is 5.61. The summed E-state index contributed by atoms with van der Waals surface area (Å²) in [6.45, 7) is 2.01. The zero-order valence-electron chi connectivity index (χ0n) is 10.4. The summed E-state index contributed by atoms with van der Waals surface area (Å²) in [5.41, 5.74) is 5.85. The number of rotatable bonds is 5. The molecular formula is C13H14F2N2O2. The Morgan fingerprint density at radius 1 is 1.42 bits per heavy atom. The molecule has 0 aromatic heterocycles. The Balaban J connectivity index is 2.66. The Bertz CT molecular complexity index is 513. The van der Waals surface area contributed by atoms with Crippen LogP contribution in [0.25, 0.3) is 0 Å². The van der Waals surface area contributed by atoms with Crippen molar-refractivity contribution in [2.24, 2.45) is 10.7 Å². The van der Waals surface area contributed by atoms with Gasteiger partial charge in [-0.05, 0) is 24.6 Å². The summed E-state index contributed by atoms with van der Waals surface area (Å²) in [5.74, 6) is -2.44. The number of hydrogen-bond donors (Lipinski definition) is 1. The van der Waals surface area contributed by atoms with E-state index in [9.17, 15) is 13.6 Å². The van der Waals surface area contributed by atoms with Gasteiger partial charge in [-0.15, -0.1) is 0 Å². The van der Waals surface area contributed by atoms with E-state index < -0.39 is 17.6 Å². The lowest BCUT2D eigenvalue weighted by Gasteiger charge is -2.01. The zero-order chi connectivity index (χ0) is 14.3. The smallest absolute Gasteiger partial charge is 0.341 e. The summed E-state index contributed by atoms with van der Waals surface area (Å²) in [4.78, 5) is 15.3. The fourth-order valence-electron chi connectivity index (χ4n) is 1.27. The van der Waals surface area contributed by atoms with Gasteiger partial charge in [-0.1, -0.05) is 6.07 Å². The van der Waals surface area contributed by atoms with Crippen molar-refractivity contribution >= 4 is 12.2 Å². The highest BCUT2D eigenvalue weighted by molar-refractivity contribution is 6.09. The fraction of sp³-hybridized carbons (Fsp3) is 0.231. The molecular weight excluding hydrogens is 254 g/mol. The maximum atomic E-state index is 12.9. The average Bonchev–Trinajstić information content (AvgIpc) is 2.39. The normalized spacial score (nSPS) is 11.8. The van der Waals surface area contributed by atoms with Crippen LogP contribution in [0.1, 0.15) is 12.5 Å². The van der Waals surface area contributed by atoms with Crippen LogP contribution in [0.3, 0.4) is 0 Å². The molecule has 102 valence electrons. The molecule has 2 N–H and O–H groups in total. The third-order valence-corrected chi connectivity index (χ3v) is 2.18. The van der Waals surface area contributed by atoms with Gasteiger partial charge in [-0.25, -0.2) is 13.6 Å². The van der Waals surface area contributed by atoms with Gasteiger partial charge in [-0.2, -0.15) is 0 Å². The van der Waals surface area contributed by atoms with Gasteiger partial charge < -0.3 is 10.5 Å². The molecule has 0 aliphatic heterocycles. The maximum absolute atomic E-state index is 12.9. The molecule has 19 heavy (non-hydrogen) atoms. The molecule has 0 fully saturated rings. The second-order valence-corrected chi connectivity index (χ2v) is 3.56. The number of nitrogens with zero attached hydrogens (tertiary/aromatic N) is 1. The standard InChI is InChI=1S/C13H14F2N2O2/c1-2-19-13(18)10(6-16)8-17-7-9-3-4-11(14)12(15)5-9/h3-6,8H,2,7,16H2,1H3. The van der Waals surface area contributed by atoms with Crippen LogP contribution in [0.2, 0.25) is 0 Å². The van der Waals surface area contributed by atoms with E-state index in [1.807, 2.05) is 0 Å². The molecule has 0 radical (unpaired) electrons. The van der Waals surface area contributed by atoms with Crippen LogP contribution in [0, 0.1) is 11.6 Å². The summed E-state index contributed by atoms with van der Waals surface area (Å²) in [7, 11) is 0. The molecule has 1 aromatic carbocycles. The summed E-state index contributed by atoms with van der Waals surface area (Å²) in [5, 5.41) is 0. The van der Waals surface area contributed by atoms with Gasteiger partial charge in [-0.3, -0.25) is 4.99 Å². The Kier molecular flexibility index (Phi) is 5.66. The van der Waals surface area contributed by atoms with E-state index in [1.54, 1.807) is 6.92 Å². The summed E-state index contributed by atoms with van der Waals surface area (Å²) >= 11 is 0. The molecule has 0 spiro atoms. The second-order valence-electron chi connectivity index (χ2n) is 3.56. The number of nitrogens with two attached hydrogens (primary N) is 1. The van der Waals surface area contributed by atoms with Crippen molar-refractivity contribution in [3.05, 3.63) is 47.2 Å². The van der Waals surface area contributed by atoms with Gasteiger partial charge in [0, 0.05) is 12.4 Å². The van der Waals surface area contributed by atoms with E-state index in [1.165, 1.54) is 12.3 Å². The molecule has 0 saturated carbocycles. The molecule has 1 aromatic rings. The largest absolute Gasteiger partial charge is 0.462 e. The van der Waals surface area contributed by atoms with Crippen molar-refractivity contribution in [2.45, 2.75) is 13.5 Å². The van der Waals surface area contributed by atoms with Crippen molar-refractivity contribution in [1.82, 2.24) is 0 Å². The molecule has 0 unspecified atom stereocenters. The number of aliphatic imine (C=N–C) groups is 1. The summed E-state index contributed by atoms with van der Waals surface area (Å²) < 4.78 is 30.4. The van der Waals surface area contributed by atoms with Crippen LogP contribution in [0.4, 0.5) is 8.78 Å². The van der Waals surface area contributed by atoms with Crippen LogP contribution in [-0.4, -0.2) is 18.8 Å². The molecule has 0 heterocycles. The first-order chi connectivity index (χ1) is 9.08. The van der Waals surface area contributed by atoms with Gasteiger partial charge in [0.05, 0.1) is 18.7 Å². The Morgan fingerprint density at radius 3 is 2.74 bits per heavy atom. The number of esters is 1. The zero-order valence-corrected chi connectivity index (χ0v) is 10.4. The fourth-order valence-corrected chi connectivity index (χ4v) is 1.27. The third kappa shape index (κ3) is 4.50. The van der Waals surface area contributed by atoms with Gasteiger partial charge in [0.2, 0.25) is 0 Å². The quantitative estimate of drug-likeness (QED) is 0.504. The van der Waals surface area contributed by atoms with Crippen LogP contribution in [0.5, 0.6) is 0 Å². The molecule has 4 nitrogen and oxygen atoms in total. The Morgan fingerprint density at radius 2 is 2.16 bits per heavy atom. The van der Waals surface area contributed by atoms with E-state index in [0.717, 1.165) is 18.3 Å². The van der Waals surface area contributed by atoms with Crippen molar-refractivity contribution < 1.29 is 18.3 Å². The minimum absolute atomic E-state index is 0.101. The first kappa shape index (κ1) is 14.8. The summed E-state index contributed by atoms with van der Waals surface area (Å²) in [6, 6.07) is 3.47. The number of hydrogen-bond acceptors (Lipinski definition) is 4. The van der Waals surface area contributed by atoms with Crippen LogP contribution in [0.15, 0.2) is 35.0 Å². The molecule has 0 atom stereocenters. The molecule has 6 heteroatoms. The second kappa shape index (κ2) is 7.25. The highest BCUT2D eigenvalue weighted by atomic mass is 19.2. The first-order valence-corrected chi connectivity index (χ1v) is 5.61. The van der Waals surface area contributed by atoms with E-state index in [4.69, 9.17) is 10.5 Å². The van der Waals surface area contributed by atoms with Crippen molar-refractivity contribution in [2.75, 3.05) is 6.61 Å². The minimum Gasteiger partial charge on any atom is -0.462 e. The molecule has 0 saturated heterocycles. The number of carbonyl (C=O) groups is 1. The van der Waals surface area contributed by atoms with Crippen molar-refractivity contribution in [3.8, 4) is 0 Å². The van der Waals surface area contributed by atoms with Crippen molar-refractivity contribution in [3.63, 3.8) is 0 Å². The lowest BCUT2D eigenvalue weighted by molar-refractivity contribution is -0.137. The third-order valence-electron chi connectivity index (χ3n) is 2.18. The summed E-state index contributed by atoms with van der Waals surface area (Å²) in [6.07, 6.45) is 2.31. The van der Waals surface area contributed by atoms with Gasteiger partial charge in [0.25, 0.3) is 0 Å². The lowest BCUT2D eigenvalue weighted by atomic mass is 10.2. The van der Waals surface area contributed by atoms with E-state index in [2.05, 4.69) is 4.99 Å². The van der Waals surface area contributed by atoms with E-state index >= 15 is 0 Å². The molecule has 0 amide bonds. The van der Waals surface area contributed by atoms with Gasteiger partial charge in [0.1, 0.15) is 0 Å². The number of halogens is 2. The minimum atomic E-state index is -0.937. The van der Waals surface area contributed by atoms with Gasteiger partial charge in [0.15, 0.2) is 11.6 Å². The maximum Gasteiger partial charge on any atom is 0.341 e. The molecule has 0 bridgehead atoms. The van der Waals surface area contributed by atoms with Crippen molar-refractivity contribution in [1.29, 1.82) is 0 Å². The van der Waals surface area contributed by atoms with E-state index in [0.29, 0.717) is 5.56 Å². The molecule has 0 aliphatic carbocycles. The van der Waals surface area contributed by atoms with Crippen LogP contribution in [-0.2, 0) is 16.1 Å². The van der Waals surface area contributed by atoms with Gasteiger partial charge >= 0.3 is 5.97 Å².